The predicted molar refractivity (Wildman–Crippen MR) is 107 cm³/mol. The Labute approximate surface area is 161 Å². The number of hydrogen-bond acceptors (Lipinski definition) is 5. The van der Waals surface area contributed by atoms with Crippen molar-refractivity contribution in [3.63, 3.8) is 0 Å². The molecule has 27 heavy (non-hydrogen) atoms. The number of hydrogen-bond donors (Lipinski definition) is 1. The van der Waals surface area contributed by atoms with Crippen molar-refractivity contribution < 1.29 is 0 Å². The van der Waals surface area contributed by atoms with Crippen molar-refractivity contribution in [1.29, 1.82) is 0 Å². The van der Waals surface area contributed by atoms with Gasteiger partial charge in [-0.1, -0.05) is 6.92 Å². The van der Waals surface area contributed by atoms with Gasteiger partial charge in [0.05, 0.1) is 23.0 Å². The predicted octanol–water partition coefficient (Wildman–Crippen LogP) is 3.32. The Bertz CT molecular complexity index is 1210. The SMILES string of the molecule is CCCn1nc(C)c2c(-c3n[nH]c(=S)n3C)cc(-c3cnn(C)c3C)nc21. The van der Waals surface area contributed by atoms with Crippen molar-refractivity contribution in [2.24, 2.45) is 14.1 Å². The van der Waals surface area contributed by atoms with Crippen LogP contribution in [0.15, 0.2) is 12.3 Å². The van der Waals surface area contributed by atoms with Gasteiger partial charge in [-0.25, -0.2) is 9.67 Å². The van der Waals surface area contributed by atoms with Crippen LogP contribution in [0.25, 0.3) is 33.7 Å². The van der Waals surface area contributed by atoms with Crippen LogP contribution < -0.4 is 0 Å². The number of aryl methyl sites for hydroxylation is 3. The van der Waals surface area contributed by atoms with E-state index in [1.807, 2.05) is 48.1 Å². The number of aromatic amines is 1. The molecular formula is C18H22N8S. The molecule has 1 N–H and O–H groups in total. The van der Waals surface area contributed by atoms with E-state index < -0.39 is 0 Å². The smallest absolute Gasteiger partial charge is 0.195 e. The molecule has 4 rings (SSSR count). The Morgan fingerprint density at radius 3 is 2.56 bits per heavy atom. The lowest BCUT2D eigenvalue weighted by Gasteiger charge is -2.08. The second kappa shape index (κ2) is 6.41. The van der Waals surface area contributed by atoms with Crippen LogP contribution in [0.2, 0.25) is 0 Å². The zero-order valence-electron chi connectivity index (χ0n) is 16.1. The summed E-state index contributed by atoms with van der Waals surface area (Å²) in [5.74, 6) is 0.773. The molecule has 0 radical (unpaired) electrons. The average molecular weight is 382 g/mol. The normalized spacial score (nSPS) is 11.6. The number of rotatable bonds is 4. The molecule has 0 saturated carbocycles. The van der Waals surface area contributed by atoms with Crippen molar-refractivity contribution in [3.05, 3.63) is 28.4 Å². The van der Waals surface area contributed by atoms with Gasteiger partial charge in [0.2, 0.25) is 0 Å². The first-order valence-electron chi connectivity index (χ1n) is 8.91. The Morgan fingerprint density at radius 2 is 1.96 bits per heavy atom. The van der Waals surface area contributed by atoms with Gasteiger partial charge in [-0.15, -0.1) is 0 Å². The van der Waals surface area contributed by atoms with E-state index in [0.717, 1.165) is 58.0 Å². The van der Waals surface area contributed by atoms with Crippen LogP contribution in [0.5, 0.6) is 0 Å². The summed E-state index contributed by atoms with van der Waals surface area (Å²) in [7, 11) is 3.84. The summed E-state index contributed by atoms with van der Waals surface area (Å²) in [6, 6.07) is 2.06. The highest BCUT2D eigenvalue weighted by molar-refractivity contribution is 7.71. The van der Waals surface area contributed by atoms with Crippen LogP contribution in [-0.4, -0.2) is 39.3 Å². The molecular weight excluding hydrogens is 360 g/mol. The molecule has 140 valence electrons. The van der Waals surface area contributed by atoms with E-state index in [4.69, 9.17) is 22.3 Å². The van der Waals surface area contributed by atoms with Gasteiger partial charge in [-0.05, 0) is 38.6 Å². The highest BCUT2D eigenvalue weighted by atomic mass is 32.1. The Morgan fingerprint density at radius 1 is 1.19 bits per heavy atom. The summed E-state index contributed by atoms with van der Waals surface area (Å²) in [5, 5.41) is 17.4. The number of nitrogens with zero attached hydrogens (tertiary/aromatic N) is 7. The van der Waals surface area contributed by atoms with Gasteiger partial charge in [0, 0.05) is 37.5 Å². The van der Waals surface area contributed by atoms with Crippen LogP contribution in [-0.2, 0) is 20.6 Å². The quantitative estimate of drug-likeness (QED) is 0.548. The van der Waals surface area contributed by atoms with Gasteiger partial charge in [-0.3, -0.25) is 9.78 Å². The molecule has 0 unspecified atom stereocenters. The summed E-state index contributed by atoms with van der Waals surface area (Å²) < 4.78 is 6.28. The topological polar surface area (TPSA) is 82.1 Å². The van der Waals surface area contributed by atoms with E-state index in [9.17, 15) is 0 Å². The Kier molecular flexibility index (Phi) is 4.18. The molecule has 4 aromatic rings. The van der Waals surface area contributed by atoms with Crippen molar-refractivity contribution in [2.75, 3.05) is 0 Å². The second-order valence-electron chi connectivity index (χ2n) is 6.74. The third kappa shape index (κ3) is 2.69. The molecule has 4 aromatic heterocycles. The van der Waals surface area contributed by atoms with Crippen molar-refractivity contribution in [1.82, 2.24) is 39.3 Å². The molecule has 0 atom stereocenters. The second-order valence-corrected chi connectivity index (χ2v) is 7.13. The Hall–Kier alpha value is -2.81. The van der Waals surface area contributed by atoms with Crippen molar-refractivity contribution in [3.8, 4) is 22.6 Å². The first-order valence-corrected chi connectivity index (χ1v) is 9.32. The van der Waals surface area contributed by atoms with Crippen LogP contribution >= 0.6 is 12.2 Å². The number of nitrogens with one attached hydrogen (secondary N) is 1. The number of fused-ring (bicyclic) bond motifs is 1. The molecule has 0 aliphatic rings. The molecule has 9 heteroatoms. The number of pyridine rings is 1. The minimum absolute atomic E-state index is 0.577. The summed E-state index contributed by atoms with van der Waals surface area (Å²) in [5.41, 5.74) is 5.67. The number of aromatic nitrogens is 8. The first kappa shape index (κ1) is 17.6. The van der Waals surface area contributed by atoms with Crippen LogP contribution in [0, 0.1) is 18.6 Å². The minimum atomic E-state index is 0.577. The monoisotopic (exact) mass is 382 g/mol. The molecule has 0 fully saturated rings. The fraction of sp³-hybridized carbons (Fsp3) is 0.389. The van der Waals surface area contributed by atoms with Gasteiger partial charge in [0.15, 0.2) is 16.2 Å². The van der Waals surface area contributed by atoms with E-state index in [1.54, 1.807) is 0 Å². The van der Waals surface area contributed by atoms with Crippen molar-refractivity contribution in [2.45, 2.75) is 33.7 Å². The summed E-state index contributed by atoms with van der Waals surface area (Å²) in [6.07, 6.45) is 2.83. The van der Waals surface area contributed by atoms with Crippen molar-refractivity contribution >= 4 is 23.3 Å². The molecule has 0 aliphatic carbocycles. The minimum Gasteiger partial charge on any atom is -0.303 e. The lowest BCUT2D eigenvalue weighted by Crippen LogP contribution is -2.02. The molecule has 0 amide bonds. The van der Waals surface area contributed by atoms with Gasteiger partial charge in [0.1, 0.15) is 0 Å². The van der Waals surface area contributed by atoms with E-state index in [0.29, 0.717) is 4.77 Å². The lowest BCUT2D eigenvalue weighted by atomic mass is 10.1. The van der Waals surface area contributed by atoms with Crippen LogP contribution in [0.1, 0.15) is 24.7 Å². The highest BCUT2D eigenvalue weighted by Crippen LogP contribution is 2.33. The molecule has 0 aromatic carbocycles. The maximum Gasteiger partial charge on any atom is 0.195 e. The summed E-state index contributed by atoms with van der Waals surface area (Å²) in [4.78, 5) is 4.96. The zero-order chi connectivity index (χ0) is 19.3. The van der Waals surface area contributed by atoms with Gasteiger partial charge in [0.25, 0.3) is 0 Å². The maximum atomic E-state index is 5.32. The summed E-state index contributed by atoms with van der Waals surface area (Å²) >= 11 is 5.32. The van der Waals surface area contributed by atoms with E-state index in [-0.39, 0.29) is 0 Å². The first-order chi connectivity index (χ1) is 12.9. The van der Waals surface area contributed by atoms with Gasteiger partial charge in [-0.2, -0.15) is 15.3 Å². The van der Waals surface area contributed by atoms with E-state index in [2.05, 4.69) is 28.3 Å². The third-order valence-electron chi connectivity index (χ3n) is 4.94. The number of H-pyrrole nitrogens is 1. The molecule has 0 spiro atoms. The fourth-order valence-corrected chi connectivity index (χ4v) is 3.51. The largest absolute Gasteiger partial charge is 0.303 e. The third-order valence-corrected chi connectivity index (χ3v) is 5.31. The maximum absolute atomic E-state index is 5.32. The molecule has 0 aliphatic heterocycles. The van der Waals surface area contributed by atoms with Gasteiger partial charge < -0.3 is 4.57 Å². The highest BCUT2D eigenvalue weighted by Gasteiger charge is 2.21. The zero-order valence-corrected chi connectivity index (χ0v) is 16.9. The van der Waals surface area contributed by atoms with Gasteiger partial charge >= 0.3 is 0 Å². The standard InChI is InChI=1S/C18H22N8S/c1-6-7-26-17-15(10(2)23-26)12(16-21-22-18(27)24(16)4)8-14(20-17)13-9-19-25(5)11(13)3/h8-9H,6-7H2,1-5H3,(H,22,27). The van der Waals surface area contributed by atoms with Crippen LogP contribution in [0.3, 0.4) is 0 Å². The van der Waals surface area contributed by atoms with E-state index >= 15 is 0 Å². The fourth-order valence-electron chi connectivity index (χ4n) is 3.37. The average Bonchev–Trinajstić information content (AvgIpc) is 3.26. The molecule has 0 saturated heterocycles. The molecule has 4 heterocycles. The molecule has 8 nitrogen and oxygen atoms in total. The van der Waals surface area contributed by atoms with E-state index in [1.165, 1.54) is 0 Å². The van der Waals surface area contributed by atoms with Crippen LogP contribution in [0.4, 0.5) is 0 Å². The molecule has 0 bridgehead atoms. The lowest BCUT2D eigenvalue weighted by molar-refractivity contribution is 0.612. The Balaban J connectivity index is 2.10. The summed E-state index contributed by atoms with van der Waals surface area (Å²) in [6.45, 7) is 7.00.